The van der Waals surface area contributed by atoms with Gasteiger partial charge in [-0.3, -0.25) is 4.79 Å². The Kier molecular flexibility index (Phi) is 5.27. The number of fused-ring (bicyclic) bond motifs is 2. The van der Waals surface area contributed by atoms with Crippen LogP contribution in [-0.2, 0) is 0 Å². The van der Waals surface area contributed by atoms with E-state index >= 15 is 0 Å². The van der Waals surface area contributed by atoms with Crippen LogP contribution in [0, 0.1) is 12.7 Å². The Bertz CT molecular complexity index is 1550. The number of amides is 1. The van der Waals surface area contributed by atoms with Crippen molar-refractivity contribution in [3.63, 3.8) is 0 Å². The van der Waals surface area contributed by atoms with Crippen molar-refractivity contribution < 1.29 is 9.18 Å². The van der Waals surface area contributed by atoms with Crippen molar-refractivity contribution in [1.82, 2.24) is 15.0 Å². The van der Waals surface area contributed by atoms with Crippen molar-refractivity contribution in [1.29, 1.82) is 0 Å². The molecule has 3 heterocycles. The molecule has 3 aromatic heterocycles. The quantitative estimate of drug-likeness (QED) is 0.296. The van der Waals surface area contributed by atoms with E-state index in [0.29, 0.717) is 39.0 Å². The summed E-state index contributed by atoms with van der Waals surface area (Å²) < 4.78 is 15.3. The van der Waals surface area contributed by atoms with E-state index in [0.717, 1.165) is 10.3 Å². The van der Waals surface area contributed by atoms with E-state index in [2.05, 4.69) is 25.6 Å². The minimum absolute atomic E-state index is 0.00431. The van der Waals surface area contributed by atoms with Gasteiger partial charge in [-0.1, -0.05) is 29.8 Å². The first kappa shape index (κ1) is 21.0. The molecule has 5 aromatic rings. The number of rotatable bonds is 4. The Morgan fingerprint density at radius 1 is 1.18 bits per heavy atom. The number of halogens is 2. The maximum atomic E-state index is 14.5. The summed E-state index contributed by atoms with van der Waals surface area (Å²) >= 11 is 7.30. The standard InChI is InChI=1S/C23H16ClFN6OS/c1-11-5-6-12-18(15(26)7-28-22(12)30-16-4-2-3-14(24)19(16)25)20(11)31-23(32)13-9-33-17-8-27-10-29-21(13)17/h2-10H,26H2,1H3,(H,28,30)(H,31,32). The Labute approximate surface area is 196 Å². The average molecular weight is 479 g/mol. The zero-order valence-electron chi connectivity index (χ0n) is 17.2. The third-order valence-electron chi connectivity index (χ3n) is 5.22. The van der Waals surface area contributed by atoms with Gasteiger partial charge in [0, 0.05) is 22.3 Å². The second-order valence-electron chi connectivity index (χ2n) is 7.31. The minimum Gasteiger partial charge on any atom is -0.397 e. The third-order valence-corrected chi connectivity index (χ3v) is 6.41. The summed E-state index contributed by atoms with van der Waals surface area (Å²) in [6.07, 6.45) is 4.55. The van der Waals surface area contributed by atoms with Gasteiger partial charge in [-0.15, -0.1) is 11.3 Å². The van der Waals surface area contributed by atoms with Crippen molar-refractivity contribution in [2.75, 3.05) is 16.4 Å². The van der Waals surface area contributed by atoms with Gasteiger partial charge in [-0.2, -0.15) is 0 Å². The Morgan fingerprint density at radius 2 is 2.03 bits per heavy atom. The van der Waals surface area contributed by atoms with Gasteiger partial charge < -0.3 is 16.4 Å². The van der Waals surface area contributed by atoms with E-state index in [1.807, 2.05) is 19.1 Å². The number of nitrogens with two attached hydrogens (primary N) is 1. The lowest BCUT2D eigenvalue weighted by atomic mass is 10.0. The number of pyridine rings is 1. The summed E-state index contributed by atoms with van der Waals surface area (Å²) in [5, 5.41) is 8.91. The highest BCUT2D eigenvalue weighted by Gasteiger charge is 2.19. The molecule has 0 spiro atoms. The maximum Gasteiger partial charge on any atom is 0.258 e. The number of nitrogen functional groups attached to an aromatic ring is 1. The van der Waals surface area contributed by atoms with Crippen LogP contribution >= 0.6 is 22.9 Å². The summed E-state index contributed by atoms with van der Waals surface area (Å²) in [5.41, 5.74) is 9.20. The summed E-state index contributed by atoms with van der Waals surface area (Å²) in [7, 11) is 0. The molecule has 0 radical (unpaired) electrons. The van der Waals surface area contributed by atoms with E-state index in [1.54, 1.807) is 23.7 Å². The van der Waals surface area contributed by atoms with Crippen LogP contribution in [0.25, 0.3) is 21.0 Å². The summed E-state index contributed by atoms with van der Waals surface area (Å²) in [5.74, 6) is -0.523. The van der Waals surface area contributed by atoms with Gasteiger partial charge in [0.15, 0.2) is 5.82 Å². The molecule has 0 saturated heterocycles. The molecule has 4 N–H and O–H groups in total. The van der Waals surface area contributed by atoms with E-state index in [9.17, 15) is 9.18 Å². The number of hydrogen-bond acceptors (Lipinski definition) is 7. The van der Waals surface area contributed by atoms with Crippen molar-refractivity contribution >= 4 is 72.7 Å². The first-order valence-corrected chi connectivity index (χ1v) is 11.1. The van der Waals surface area contributed by atoms with Crippen LogP contribution in [-0.4, -0.2) is 20.9 Å². The first-order valence-electron chi connectivity index (χ1n) is 9.81. The second-order valence-corrected chi connectivity index (χ2v) is 8.63. The number of aryl methyl sites for hydroxylation is 1. The Balaban J connectivity index is 1.59. The lowest BCUT2D eigenvalue weighted by molar-refractivity contribution is 0.102. The van der Waals surface area contributed by atoms with Crippen molar-refractivity contribution in [2.45, 2.75) is 6.92 Å². The van der Waals surface area contributed by atoms with Crippen molar-refractivity contribution in [3.05, 3.63) is 76.4 Å². The molecule has 2 aromatic carbocycles. The van der Waals surface area contributed by atoms with Crippen LogP contribution < -0.4 is 16.4 Å². The molecule has 0 aliphatic rings. The second kappa shape index (κ2) is 8.27. The molecule has 0 saturated carbocycles. The first-order chi connectivity index (χ1) is 15.9. The lowest BCUT2D eigenvalue weighted by Crippen LogP contribution is -2.13. The molecule has 0 aliphatic heterocycles. The van der Waals surface area contributed by atoms with Gasteiger partial charge in [0.25, 0.3) is 5.91 Å². The fraction of sp³-hybridized carbons (Fsp3) is 0.0435. The fourth-order valence-electron chi connectivity index (χ4n) is 3.59. The Morgan fingerprint density at radius 3 is 2.88 bits per heavy atom. The number of carbonyl (C=O) groups is 1. The van der Waals surface area contributed by atoms with Gasteiger partial charge in [-0.25, -0.2) is 19.3 Å². The topological polar surface area (TPSA) is 106 Å². The number of benzene rings is 2. The Hall–Kier alpha value is -3.82. The monoisotopic (exact) mass is 478 g/mol. The molecule has 1 amide bonds. The van der Waals surface area contributed by atoms with Crippen LogP contribution in [0.1, 0.15) is 15.9 Å². The van der Waals surface area contributed by atoms with Gasteiger partial charge in [0.2, 0.25) is 0 Å². The van der Waals surface area contributed by atoms with Gasteiger partial charge >= 0.3 is 0 Å². The minimum atomic E-state index is -0.585. The van der Waals surface area contributed by atoms with Crippen LogP contribution in [0.2, 0.25) is 5.02 Å². The molecular formula is C23H16ClFN6OS. The number of carbonyl (C=O) groups excluding carboxylic acids is 1. The smallest absolute Gasteiger partial charge is 0.258 e. The molecule has 0 atom stereocenters. The molecule has 0 bridgehead atoms. The highest BCUT2D eigenvalue weighted by molar-refractivity contribution is 7.17. The van der Waals surface area contributed by atoms with E-state index in [1.165, 1.54) is 29.9 Å². The molecule has 164 valence electrons. The largest absolute Gasteiger partial charge is 0.397 e. The molecule has 7 nitrogen and oxygen atoms in total. The molecule has 0 fully saturated rings. The molecule has 5 rings (SSSR count). The van der Waals surface area contributed by atoms with Gasteiger partial charge in [0.1, 0.15) is 12.1 Å². The van der Waals surface area contributed by atoms with Gasteiger partial charge in [-0.05, 0) is 24.6 Å². The SMILES string of the molecule is Cc1ccc2c(Nc3cccc(Cl)c3F)ncc(N)c2c1NC(=O)c1csc2cncnc12. The normalized spacial score (nSPS) is 11.1. The average Bonchev–Trinajstić information content (AvgIpc) is 3.24. The van der Waals surface area contributed by atoms with Crippen molar-refractivity contribution in [3.8, 4) is 0 Å². The number of nitrogens with zero attached hydrogens (tertiary/aromatic N) is 3. The number of nitrogens with one attached hydrogen (secondary N) is 2. The molecule has 0 aliphatic carbocycles. The summed E-state index contributed by atoms with van der Waals surface area (Å²) in [6, 6.07) is 8.32. The molecular weight excluding hydrogens is 463 g/mol. The van der Waals surface area contributed by atoms with Crippen LogP contribution in [0.5, 0.6) is 0 Å². The zero-order valence-corrected chi connectivity index (χ0v) is 18.8. The van der Waals surface area contributed by atoms with Crippen molar-refractivity contribution in [2.24, 2.45) is 0 Å². The van der Waals surface area contributed by atoms with E-state index in [-0.39, 0.29) is 16.6 Å². The fourth-order valence-corrected chi connectivity index (χ4v) is 4.62. The summed E-state index contributed by atoms with van der Waals surface area (Å²) in [4.78, 5) is 25.7. The zero-order chi connectivity index (χ0) is 23.1. The predicted molar refractivity (Wildman–Crippen MR) is 131 cm³/mol. The highest BCUT2D eigenvalue weighted by Crippen LogP contribution is 2.37. The van der Waals surface area contributed by atoms with Crippen LogP contribution in [0.4, 0.5) is 27.3 Å². The number of aromatic nitrogens is 3. The third kappa shape index (κ3) is 3.71. The predicted octanol–water partition coefficient (Wildman–Crippen LogP) is 5.92. The molecule has 10 heteroatoms. The highest BCUT2D eigenvalue weighted by atomic mass is 35.5. The van der Waals surface area contributed by atoms with Gasteiger partial charge in [0.05, 0.1) is 44.1 Å². The van der Waals surface area contributed by atoms with Crippen LogP contribution in [0.15, 0.2) is 54.4 Å². The molecule has 33 heavy (non-hydrogen) atoms. The number of anilines is 4. The molecule has 0 unspecified atom stereocenters. The van der Waals surface area contributed by atoms with E-state index in [4.69, 9.17) is 17.3 Å². The summed E-state index contributed by atoms with van der Waals surface area (Å²) in [6.45, 7) is 1.87. The lowest BCUT2D eigenvalue weighted by Gasteiger charge is -2.16. The van der Waals surface area contributed by atoms with E-state index < -0.39 is 5.82 Å². The van der Waals surface area contributed by atoms with Crippen LogP contribution in [0.3, 0.4) is 0 Å². The number of thiophene rings is 1. The maximum absolute atomic E-state index is 14.5. The number of hydrogen-bond donors (Lipinski definition) is 3.